The van der Waals surface area contributed by atoms with Crippen molar-refractivity contribution in [3.8, 4) is 0 Å². The molecule has 2 fully saturated rings. The number of likely N-dealkylation sites (tertiary alicyclic amines) is 1. The van der Waals surface area contributed by atoms with E-state index in [9.17, 15) is 9.18 Å². The van der Waals surface area contributed by atoms with Crippen LogP contribution in [0.25, 0.3) is 0 Å². The normalized spacial score (nSPS) is 26.6. The first-order valence-electron chi connectivity index (χ1n) is 7.42. The van der Waals surface area contributed by atoms with Crippen molar-refractivity contribution < 1.29 is 9.18 Å². The number of rotatable bonds is 3. The molecule has 1 aromatic carbocycles. The monoisotopic (exact) mass is 276 g/mol. The van der Waals surface area contributed by atoms with Gasteiger partial charge in [-0.05, 0) is 48.9 Å². The SMILES string of the molecule is NC1CC(CC2CC2)CN(C(=O)c2ccc(F)cc2)C1. The molecule has 1 aromatic rings. The fraction of sp³-hybridized carbons (Fsp3) is 0.562. The molecule has 0 bridgehead atoms. The molecule has 4 heteroatoms. The lowest BCUT2D eigenvalue weighted by Crippen LogP contribution is -2.49. The Hall–Kier alpha value is -1.42. The van der Waals surface area contributed by atoms with Crippen LogP contribution in [0.15, 0.2) is 24.3 Å². The first-order valence-corrected chi connectivity index (χ1v) is 7.42. The van der Waals surface area contributed by atoms with Gasteiger partial charge in [0.25, 0.3) is 5.91 Å². The van der Waals surface area contributed by atoms with Crippen LogP contribution in [-0.2, 0) is 0 Å². The summed E-state index contributed by atoms with van der Waals surface area (Å²) in [6.45, 7) is 1.40. The molecule has 1 saturated carbocycles. The van der Waals surface area contributed by atoms with Crippen molar-refractivity contribution in [2.75, 3.05) is 13.1 Å². The molecule has 1 aliphatic carbocycles. The molecule has 2 aliphatic rings. The maximum atomic E-state index is 12.9. The maximum Gasteiger partial charge on any atom is 0.253 e. The number of nitrogens with two attached hydrogens (primary N) is 1. The van der Waals surface area contributed by atoms with Crippen LogP contribution in [0.3, 0.4) is 0 Å². The number of halogens is 1. The Morgan fingerprint density at radius 3 is 2.55 bits per heavy atom. The van der Waals surface area contributed by atoms with E-state index in [1.54, 1.807) is 12.1 Å². The second kappa shape index (κ2) is 5.52. The lowest BCUT2D eigenvalue weighted by atomic mass is 9.90. The van der Waals surface area contributed by atoms with Gasteiger partial charge in [0.1, 0.15) is 5.82 Å². The zero-order valence-corrected chi connectivity index (χ0v) is 11.6. The van der Waals surface area contributed by atoms with E-state index in [-0.39, 0.29) is 17.8 Å². The number of nitrogens with zero attached hydrogens (tertiary/aromatic N) is 1. The quantitative estimate of drug-likeness (QED) is 0.921. The fourth-order valence-corrected chi connectivity index (χ4v) is 3.18. The molecular formula is C16H21FN2O. The van der Waals surface area contributed by atoms with Gasteiger partial charge in [0.05, 0.1) is 0 Å². The molecule has 108 valence electrons. The molecule has 1 heterocycles. The lowest BCUT2D eigenvalue weighted by Gasteiger charge is -2.36. The molecule has 20 heavy (non-hydrogen) atoms. The minimum atomic E-state index is -0.316. The largest absolute Gasteiger partial charge is 0.337 e. The standard InChI is InChI=1S/C16H21FN2O/c17-14-5-3-13(4-6-14)16(20)19-9-12(7-11-1-2-11)8-15(18)10-19/h3-6,11-12,15H,1-2,7-10,18H2. The van der Waals surface area contributed by atoms with E-state index in [0.717, 1.165) is 18.9 Å². The van der Waals surface area contributed by atoms with Crippen LogP contribution in [0.1, 0.15) is 36.0 Å². The summed E-state index contributed by atoms with van der Waals surface area (Å²) >= 11 is 0. The van der Waals surface area contributed by atoms with Gasteiger partial charge in [0.2, 0.25) is 0 Å². The number of hydrogen-bond donors (Lipinski definition) is 1. The predicted molar refractivity (Wildman–Crippen MR) is 75.7 cm³/mol. The molecular weight excluding hydrogens is 255 g/mol. The van der Waals surface area contributed by atoms with Gasteiger partial charge in [-0.15, -0.1) is 0 Å². The van der Waals surface area contributed by atoms with Crippen molar-refractivity contribution in [3.63, 3.8) is 0 Å². The van der Waals surface area contributed by atoms with E-state index in [2.05, 4.69) is 0 Å². The zero-order chi connectivity index (χ0) is 14.1. The van der Waals surface area contributed by atoms with Crippen LogP contribution < -0.4 is 5.73 Å². The Kier molecular flexibility index (Phi) is 3.74. The first-order chi connectivity index (χ1) is 9.61. The summed E-state index contributed by atoms with van der Waals surface area (Å²) in [7, 11) is 0. The van der Waals surface area contributed by atoms with Gasteiger partial charge in [-0.25, -0.2) is 4.39 Å². The van der Waals surface area contributed by atoms with Gasteiger partial charge in [-0.3, -0.25) is 4.79 Å². The van der Waals surface area contributed by atoms with Crippen molar-refractivity contribution in [1.29, 1.82) is 0 Å². The molecule has 0 aromatic heterocycles. The maximum absolute atomic E-state index is 12.9. The Labute approximate surface area is 118 Å². The summed E-state index contributed by atoms with van der Waals surface area (Å²) in [5.41, 5.74) is 6.64. The second-order valence-corrected chi connectivity index (χ2v) is 6.26. The number of carbonyl (C=O) groups is 1. The highest BCUT2D eigenvalue weighted by Gasteiger charge is 2.32. The van der Waals surface area contributed by atoms with Crippen LogP contribution in [0, 0.1) is 17.7 Å². The summed E-state index contributed by atoms with van der Waals surface area (Å²) in [5.74, 6) is 1.04. The van der Waals surface area contributed by atoms with Gasteiger partial charge >= 0.3 is 0 Å². The van der Waals surface area contributed by atoms with Gasteiger partial charge < -0.3 is 10.6 Å². The Bertz CT molecular complexity index is 482. The molecule has 2 unspecified atom stereocenters. The third-order valence-electron chi connectivity index (χ3n) is 4.31. The van der Waals surface area contributed by atoms with E-state index in [1.807, 2.05) is 4.90 Å². The smallest absolute Gasteiger partial charge is 0.253 e. The molecule has 1 aliphatic heterocycles. The predicted octanol–water partition coefficient (Wildman–Crippen LogP) is 2.42. The highest BCUT2D eigenvalue weighted by atomic mass is 19.1. The minimum Gasteiger partial charge on any atom is -0.337 e. The highest BCUT2D eigenvalue weighted by Crippen LogP contribution is 2.37. The van der Waals surface area contributed by atoms with Gasteiger partial charge in [-0.2, -0.15) is 0 Å². The molecule has 1 saturated heterocycles. The first kappa shape index (κ1) is 13.6. The number of piperidine rings is 1. The average molecular weight is 276 g/mol. The second-order valence-electron chi connectivity index (χ2n) is 6.26. The lowest BCUT2D eigenvalue weighted by molar-refractivity contribution is 0.0639. The third kappa shape index (κ3) is 3.18. The Morgan fingerprint density at radius 1 is 1.20 bits per heavy atom. The molecule has 3 nitrogen and oxygen atoms in total. The van der Waals surface area contributed by atoms with E-state index in [0.29, 0.717) is 18.0 Å². The van der Waals surface area contributed by atoms with Crippen LogP contribution in [0.5, 0.6) is 0 Å². The molecule has 1 amide bonds. The summed E-state index contributed by atoms with van der Waals surface area (Å²) < 4.78 is 12.9. The molecule has 2 atom stereocenters. The van der Waals surface area contributed by atoms with E-state index in [4.69, 9.17) is 5.73 Å². The van der Waals surface area contributed by atoms with Gasteiger partial charge in [0, 0.05) is 24.7 Å². The summed E-state index contributed by atoms with van der Waals surface area (Å²) in [6, 6.07) is 5.83. The average Bonchev–Trinajstić information content (AvgIpc) is 3.22. The zero-order valence-electron chi connectivity index (χ0n) is 11.6. The minimum absolute atomic E-state index is 0.0269. The van der Waals surface area contributed by atoms with Crippen LogP contribution in [0.2, 0.25) is 0 Å². The van der Waals surface area contributed by atoms with Gasteiger partial charge in [-0.1, -0.05) is 12.8 Å². The van der Waals surface area contributed by atoms with Crippen LogP contribution in [-0.4, -0.2) is 29.9 Å². The number of hydrogen-bond acceptors (Lipinski definition) is 2. The molecule has 0 spiro atoms. The molecule has 2 N–H and O–H groups in total. The Balaban J connectivity index is 1.67. The Morgan fingerprint density at radius 2 is 1.90 bits per heavy atom. The fourth-order valence-electron chi connectivity index (χ4n) is 3.18. The van der Waals surface area contributed by atoms with E-state index < -0.39 is 0 Å². The van der Waals surface area contributed by atoms with Gasteiger partial charge in [0.15, 0.2) is 0 Å². The van der Waals surface area contributed by atoms with Crippen LogP contribution in [0.4, 0.5) is 4.39 Å². The van der Waals surface area contributed by atoms with Crippen LogP contribution >= 0.6 is 0 Å². The topological polar surface area (TPSA) is 46.3 Å². The van der Waals surface area contributed by atoms with Crippen molar-refractivity contribution in [1.82, 2.24) is 4.90 Å². The number of carbonyl (C=O) groups excluding carboxylic acids is 1. The highest BCUT2D eigenvalue weighted by molar-refractivity contribution is 5.94. The van der Waals surface area contributed by atoms with Crippen molar-refractivity contribution in [2.24, 2.45) is 17.6 Å². The summed E-state index contributed by atoms with van der Waals surface area (Å²) in [5, 5.41) is 0. The third-order valence-corrected chi connectivity index (χ3v) is 4.31. The summed E-state index contributed by atoms with van der Waals surface area (Å²) in [4.78, 5) is 14.3. The molecule has 3 rings (SSSR count). The number of benzene rings is 1. The van der Waals surface area contributed by atoms with E-state index in [1.165, 1.54) is 31.4 Å². The van der Waals surface area contributed by atoms with Crippen molar-refractivity contribution in [2.45, 2.75) is 31.7 Å². The molecule has 0 radical (unpaired) electrons. The van der Waals surface area contributed by atoms with E-state index >= 15 is 0 Å². The van der Waals surface area contributed by atoms with Crippen molar-refractivity contribution in [3.05, 3.63) is 35.6 Å². The summed E-state index contributed by atoms with van der Waals surface area (Å²) in [6.07, 6.45) is 4.87. The number of amides is 1. The van der Waals surface area contributed by atoms with Crippen molar-refractivity contribution >= 4 is 5.91 Å².